The smallest absolute Gasteiger partial charge is 0.140 e. The molecule has 1 N–H and O–H groups in total. The van der Waals surface area contributed by atoms with Crippen molar-refractivity contribution in [1.82, 2.24) is 5.16 Å². The van der Waals surface area contributed by atoms with Crippen LogP contribution in [0.15, 0.2) is 22.7 Å². The highest BCUT2D eigenvalue weighted by Crippen LogP contribution is 2.27. The van der Waals surface area contributed by atoms with Gasteiger partial charge in [-0.15, -0.1) is 0 Å². The lowest BCUT2D eigenvalue weighted by Gasteiger charge is -2.14. The standard InChI is InChI=1S/C15H19NO3/c1-9-5-6-13(11(3)17)15(7-9)18-8-14-10(2)16-19-12(14)4/h5-7,11,17H,8H2,1-4H3/t11-/m0/s1. The van der Waals surface area contributed by atoms with E-state index in [1.165, 1.54) is 0 Å². The van der Waals surface area contributed by atoms with Crippen molar-refractivity contribution >= 4 is 0 Å². The summed E-state index contributed by atoms with van der Waals surface area (Å²) in [6, 6.07) is 5.79. The zero-order chi connectivity index (χ0) is 14.0. The molecule has 0 amide bonds. The fourth-order valence-electron chi connectivity index (χ4n) is 1.97. The molecule has 0 bridgehead atoms. The van der Waals surface area contributed by atoms with Gasteiger partial charge in [0.05, 0.1) is 17.4 Å². The van der Waals surface area contributed by atoms with E-state index < -0.39 is 6.10 Å². The van der Waals surface area contributed by atoms with Crippen LogP contribution in [0.25, 0.3) is 0 Å². The van der Waals surface area contributed by atoms with E-state index in [0.29, 0.717) is 12.4 Å². The zero-order valence-corrected chi connectivity index (χ0v) is 11.7. The summed E-state index contributed by atoms with van der Waals surface area (Å²) in [6.07, 6.45) is -0.555. The number of aryl methyl sites for hydroxylation is 3. The first-order valence-corrected chi connectivity index (χ1v) is 6.32. The van der Waals surface area contributed by atoms with Gasteiger partial charge < -0.3 is 14.4 Å². The third-order valence-corrected chi connectivity index (χ3v) is 3.17. The third-order valence-electron chi connectivity index (χ3n) is 3.17. The van der Waals surface area contributed by atoms with Crippen LogP contribution in [0.2, 0.25) is 0 Å². The number of aromatic nitrogens is 1. The average Bonchev–Trinajstić information content (AvgIpc) is 2.66. The molecular formula is C15H19NO3. The molecule has 0 aliphatic heterocycles. The van der Waals surface area contributed by atoms with Crippen molar-refractivity contribution in [1.29, 1.82) is 0 Å². The van der Waals surface area contributed by atoms with Crippen LogP contribution in [0, 0.1) is 20.8 Å². The fraction of sp³-hybridized carbons (Fsp3) is 0.400. The Labute approximate surface area is 113 Å². The van der Waals surface area contributed by atoms with Gasteiger partial charge in [-0.05, 0) is 39.3 Å². The largest absolute Gasteiger partial charge is 0.488 e. The van der Waals surface area contributed by atoms with Gasteiger partial charge in [0.1, 0.15) is 18.1 Å². The SMILES string of the molecule is Cc1ccc([C@H](C)O)c(OCc2c(C)noc2C)c1. The maximum absolute atomic E-state index is 9.75. The van der Waals surface area contributed by atoms with Gasteiger partial charge in [-0.3, -0.25) is 0 Å². The molecule has 1 aromatic carbocycles. The first-order chi connectivity index (χ1) is 8.99. The lowest BCUT2D eigenvalue weighted by Crippen LogP contribution is -2.02. The average molecular weight is 261 g/mol. The van der Waals surface area contributed by atoms with Crippen molar-refractivity contribution < 1.29 is 14.4 Å². The number of hydrogen-bond donors (Lipinski definition) is 1. The predicted octanol–water partition coefficient (Wildman–Crippen LogP) is 3.23. The molecule has 4 nitrogen and oxygen atoms in total. The molecule has 1 atom stereocenters. The van der Waals surface area contributed by atoms with Crippen LogP contribution in [0.3, 0.4) is 0 Å². The zero-order valence-electron chi connectivity index (χ0n) is 11.7. The van der Waals surface area contributed by atoms with Gasteiger partial charge in [-0.1, -0.05) is 17.3 Å². The Morgan fingerprint density at radius 3 is 2.63 bits per heavy atom. The summed E-state index contributed by atoms with van der Waals surface area (Å²) in [4.78, 5) is 0. The monoisotopic (exact) mass is 261 g/mol. The Morgan fingerprint density at radius 2 is 2.05 bits per heavy atom. The van der Waals surface area contributed by atoms with Crippen molar-refractivity contribution in [2.75, 3.05) is 0 Å². The predicted molar refractivity (Wildman–Crippen MR) is 72.1 cm³/mol. The minimum Gasteiger partial charge on any atom is -0.488 e. The van der Waals surface area contributed by atoms with Crippen LogP contribution >= 0.6 is 0 Å². The summed E-state index contributed by atoms with van der Waals surface area (Å²) in [5.41, 5.74) is 3.68. The van der Waals surface area contributed by atoms with Crippen LogP contribution in [0.1, 0.15) is 41.2 Å². The van der Waals surface area contributed by atoms with Crippen molar-refractivity contribution in [3.05, 3.63) is 46.3 Å². The van der Waals surface area contributed by atoms with E-state index >= 15 is 0 Å². The molecule has 0 aliphatic rings. The van der Waals surface area contributed by atoms with Gasteiger partial charge in [-0.25, -0.2) is 0 Å². The second-order valence-corrected chi connectivity index (χ2v) is 4.81. The lowest BCUT2D eigenvalue weighted by molar-refractivity contribution is 0.190. The molecule has 1 heterocycles. The Hall–Kier alpha value is -1.81. The van der Waals surface area contributed by atoms with Crippen LogP contribution in [-0.2, 0) is 6.61 Å². The topological polar surface area (TPSA) is 55.5 Å². The Bertz CT molecular complexity index is 553. The second-order valence-electron chi connectivity index (χ2n) is 4.81. The molecule has 1 aromatic heterocycles. The molecule has 0 radical (unpaired) electrons. The number of rotatable bonds is 4. The molecular weight excluding hydrogens is 242 g/mol. The van der Waals surface area contributed by atoms with E-state index in [2.05, 4.69) is 5.16 Å². The van der Waals surface area contributed by atoms with E-state index in [0.717, 1.165) is 28.1 Å². The van der Waals surface area contributed by atoms with Crippen LogP contribution in [0.5, 0.6) is 5.75 Å². The van der Waals surface area contributed by atoms with E-state index in [1.807, 2.05) is 39.0 Å². The van der Waals surface area contributed by atoms with Crippen molar-refractivity contribution in [2.45, 2.75) is 40.4 Å². The highest BCUT2D eigenvalue weighted by atomic mass is 16.5. The molecule has 0 unspecified atom stereocenters. The van der Waals surface area contributed by atoms with Gasteiger partial charge >= 0.3 is 0 Å². The number of benzene rings is 1. The molecule has 0 spiro atoms. The van der Waals surface area contributed by atoms with E-state index in [1.54, 1.807) is 6.92 Å². The second kappa shape index (κ2) is 5.45. The first kappa shape index (κ1) is 13.6. The normalized spacial score (nSPS) is 12.5. The van der Waals surface area contributed by atoms with Gasteiger partial charge in [-0.2, -0.15) is 0 Å². The first-order valence-electron chi connectivity index (χ1n) is 6.32. The number of aliphatic hydroxyl groups is 1. The number of nitrogens with zero attached hydrogens (tertiary/aromatic N) is 1. The number of ether oxygens (including phenoxy) is 1. The third kappa shape index (κ3) is 2.96. The Morgan fingerprint density at radius 1 is 1.32 bits per heavy atom. The highest BCUT2D eigenvalue weighted by molar-refractivity contribution is 5.38. The lowest BCUT2D eigenvalue weighted by atomic mass is 10.1. The molecule has 0 aliphatic carbocycles. The maximum atomic E-state index is 9.75. The molecule has 102 valence electrons. The summed E-state index contributed by atoms with van der Waals surface area (Å²) in [5.74, 6) is 1.47. The number of hydrogen-bond acceptors (Lipinski definition) is 4. The van der Waals surface area contributed by atoms with E-state index in [4.69, 9.17) is 9.26 Å². The van der Waals surface area contributed by atoms with Crippen molar-refractivity contribution in [2.24, 2.45) is 0 Å². The van der Waals surface area contributed by atoms with E-state index in [-0.39, 0.29) is 0 Å². The van der Waals surface area contributed by atoms with Gasteiger partial charge in [0.2, 0.25) is 0 Å². The van der Waals surface area contributed by atoms with Crippen molar-refractivity contribution in [3.8, 4) is 5.75 Å². The Balaban J connectivity index is 2.22. The summed E-state index contributed by atoms with van der Waals surface area (Å²) < 4.78 is 10.9. The molecule has 0 saturated carbocycles. The summed E-state index contributed by atoms with van der Waals surface area (Å²) in [6.45, 7) is 7.87. The fourth-order valence-corrected chi connectivity index (χ4v) is 1.97. The minimum atomic E-state index is -0.555. The van der Waals surface area contributed by atoms with Gasteiger partial charge in [0.25, 0.3) is 0 Å². The molecule has 0 fully saturated rings. The molecule has 2 rings (SSSR count). The molecule has 19 heavy (non-hydrogen) atoms. The van der Waals surface area contributed by atoms with Crippen LogP contribution < -0.4 is 4.74 Å². The minimum absolute atomic E-state index is 0.393. The molecule has 2 aromatic rings. The molecule has 4 heteroatoms. The van der Waals surface area contributed by atoms with Gasteiger partial charge in [0.15, 0.2) is 0 Å². The maximum Gasteiger partial charge on any atom is 0.140 e. The molecule has 0 saturated heterocycles. The van der Waals surface area contributed by atoms with Crippen LogP contribution in [0.4, 0.5) is 0 Å². The Kier molecular flexibility index (Phi) is 3.90. The van der Waals surface area contributed by atoms with E-state index in [9.17, 15) is 5.11 Å². The van der Waals surface area contributed by atoms with Crippen molar-refractivity contribution in [3.63, 3.8) is 0 Å². The quantitative estimate of drug-likeness (QED) is 0.918. The summed E-state index contributed by atoms with van der Waals surface area (Å²) in [7, 11) is 0. The van der Waals surface area contributed by atoms with Gasteiger partial charge in [0, 0.05) is 5.56 Å². The highest BCUT2D eigenvalue weighted by Gasteiger charge is 2.13. The summed E-state index contributed by atoms with van der Waals surface area (Å²) >= 11 is 0. The summed E-state index contributed by atoms with van der Waals surface area (Å²) in [5, 5.41) is 13.7. The van der Waals surface area contributed by atoms with Crippen LogP contribution in [-0.4, -0.2) is 10.3 Å². The number of aliphatic hydroxyl groups excluding tert-OH is 1.